The Hall–Kier alpha value is -1.67. The second-order valence-electron chi connectivity index (χ2n) is 2.97. The van der Waals surface area contributed by atoms with E-state index in [1.54, 1.807) is 6.92 Å². The second-order valence-corrected chi connectivity index (χ2v) is 3.33. The van der Waals surface area contributed by atoms with Crippen LogP contribution in [0.2, 0.25) is 5.15 Å². The van der Waals surface area contributed by atoms with Gasteiger partial charge in [0.1, 0.15) is 17.5 Å². The molecular formula is C10H9ClFN3O. The average molecular weight is 242 g/mol. The van der Waals surface area contributed by atoms with Crippen LogP contribution in [0.25, 0.3) is 0 Å². The third kappa shape index (κ3) is 2.67. The van der Waals surface area contributed by atoms with E-state index in [-0.39, 0.29) is 17.3 Å². The fraction of sp³-hybridized carbons (Fsp3) is 0.300. The lowest BCUT2D eigenvalue weighted by Crippen LogP contribution is -2.31. The van der Waals surface area contributed by atoms with Crippen LogP contribution in [0.3, 0.4) is 0 Å². The van der Waals surface area contributed by atoms with E-state index in [0.29, 0.717) is 6.54 Å². The molecule has 0 fully saturated rings. The molecule has 0 spiro atoms. The van der Waals surface area contributed by atoms with Crippen molar-refractivity contribution in [3.05, 3.63) is 28.8 Å². The normalized spacial score (nSPS) is 9.62. The molecule has 0 atom stereocenters. The molecule has 6 heteroatoms. The molecule has 0 bridgehead atoms. The number of carbonyl (C=O) groups is 1. The summed E-state index contributed by atoms with van der Waals surface area (Å²) in [5, 5.41) is 8.45. The number of carbonyl (C=O) groups excluding carboxylic acids is 1. The van der Waals surface area contributed by atoms with Gasteiger partial charge in [0, 0.05) is 6.54 Å². The lowest BCUT2D eigenvalue weighted by atomic mass is 10.2. The molecule has 0 N–H and O–H groups in total. The quantitative estimate of drug-likeness (QED) is 0.600. The molecule has 16 heavy (non-hydrogen) atoms. The van der Waals surface area contributed by atoms with Crippen LogP contribution in [0.5, 0.6) is 0 Å². The van der Waals surface area contributed by atoms with Gasteiger partial charge in [-0.25, -0.2) is 9.37 Å². The Morgan fingerprint density at radius 3 is 3.00 bits per heavy atom. The van der Waals surface area contributed by atoms with Gasteiger partial charge in [0.25, 0.3) is 5.91 Å². The summed E-state index contributed by atoms with van der Waals surface area (Å²) in [7, 11) is 0. The summed E-state index contributed by atoms with van der Waals surface area (Å²) in [6.07, 6.45) is 0.930. The molecule has 84 valence electrons. The SMILES string of the molecule is CCN(CC#N)C(=O)c1cc(F)cnc1Cl. The van der Waals surface area contributed by atoms with Gasteiger partial charge < -0.3 is 4.90 Å². The van der Waals surface area contributed by atoms with Crippen molar-refractivity contribution in [3.8, 4) is 6.07 Å². The van der Waals surface area contributed by atoms with Crippen LogP contribution >= 0.6 is 11.6 Å². The van der Waals surface area contributed by atoms with E-state index in [1.807, 2.05) is 6.07 Å². The first-order valence-electron chi connectivity index (χ1n) is 4.57. The average Bonchev–Trinajstić information content (AvgIpc) is 2.28. The topological polar surface area (TPSA) is 57.0 Å². The summed E-state index contributed by atoms with van der Waals surface area (Å²) in [6, 6.07) is 2.86. The third-order valence-electron chi connectivity index (χ3n) is 1.97. The molecule has 1 aromatic rings. The fourth-order valence-electron chi connectivity index (χ4n) is 1.16. The first-order valence-corrected chi connectivity index (χ1v) is 4.95. The van der Waals surface area contributed by atoms with E-state index >= 15 is 0 Å². The van der Waals surface area contributed by atoms with Crippen LogP contribution < -0.4 is 0 Å². The van der Waals surface area contributed by atoms with E-state index in [4.69, 9.17) is 16.9 Å². The number of aromatic nitrogens is 1. The number of nitriles is 1. The van der Waals surface area contributed by atoms with Crippen LogP contribution in [-0.4, -0.2) is 28.9 Å². The van der Waals surface area contributed by atoms with E-state index < -0.39 is 11.7 Å². The van der Waals surface area contributed by atoms with Crippen LogP contribution in [0.15, 0.2) is 12.3 Å². The van der Waals surface area contributed by atoms with Gasteiger partial charge in [0.15, 0.2) is 0 Å². The van der Waals surface area contributed by atoms with Crippen molar-refractivity contribution in [3.63, 3.8) is 0 Å². The predicted molar refractivity (Wildman–Crippen MR) is 56.4 cm³/mol. The molecule has 1 rings (SSSR count). The molecule has 4 nitrogen and oxygen atoms in total. The maximum atomic E-state index is 12.9. The second kappa shape index (κ2) is 5.42. The van der Waals surface area contributed by atoms with E-state index in [2.05, 4.69) is 4.98 Å². The molecule has 0 aliphatic rings. The summed E-state index contributed by atoms with van der Waals surface area (Å²) in [5.41, 5.74) is -0.0289. The van der Waals surface area contributed by atoms with Gasteiger partial charge >= 0.3 is 0 Å². The highest BCUT2D eigenvalue weighted by Crippen LogP contribution is 2.15. The van der Waals surface area contributed by atoms with Gasteiger partial charge in [-0.1, -0.05) is 11.6 Å². The van der Waals surface area contributed by atoms with Crippen molar-refractivity contribution in [2.24, 2.45) is 0 Å². The first kappa shape index (κ1) is 12.4. The zero-order valence-corrected chi connectivity index (χ0v) is 9.33. The molecule has 0 aliphatic heterocycles. The van der Waals surface area contributed by atoms with Crippen molar-refractivity contribution in [2.45, 2.75) is 6.92 Å². The molecule has 0 aromatic carbocycles. The molecule has 0 radical (unpaired) electrons. The molecule has 1 aromatic heterocycles. The molecule has 0 saturated heterocycles. The zero-order valence-electron chi connectivity index (χ0n) is 8.57. The Kier molecular flexibility index (Phi) is 4.20. The van der Waals surface area contributed by atoms with Crippen LogP contribution in [0.4, 0.5) is 4.39 Å². The fourth-order valence-corrected chi connectivity index (χ4v) is 1.34. The van der Waals surface area contributed by atoms with E-state index in [9.17, 15) is 9.18 Å². The third-order valence-corrected chi connectivity index (χ3v) is 2.27. The minimum atomic E-state index is -0.638. The highest BCUT2D eigenvalue weighted by Gasteiger charge is 2.18. The predicted octanol–water partition coefficient (Wildman–Crippen LogP) is 1.86. The smallest absolute Gasteiger partial charge is 0.257 e. The van der Waals surface area contributed by atoms with Crippen LogP contribution in [0, 0.1) is 17.1 Å². The Balaban J connectivity index is 3.03. The number of rotatable bonds is 3. The van der Waals surface area contributed by atoms with Crippen molar-refractivity contribution in [1.82, 2.24) is 9.88 Å². The summed E-state index contributed by atoms with van der Waals surface area (Å²) in [4.78, 5) is 16.6. The van der Waals surface area contributed by atoms with E-state index in [1.165, 1.54) is 4.90 Å². The Labute approximate surface area is 97.3 Å². The molecule has 1 heterocycles. The van der Waals surface area contributed by atoms with Crippen LogP contribution in [0.1, 0.15) is 17.3 Å². The minimum Gasteiger partial charge on any atom is -0.326 e. The first-order chi connectivity index (χ1) is 7.60. The van der Waals surface area contributed by atoms with Gasteiger partial charge in [-0.2, -0.15) is 5.26 Å². The Morgan fingerprint density at radius 1 is 1.75 bits per heavy atom. The number of amides is 1. The van der Waals surface area contributed by atoms with Gasteiger partial charge in [0.2, 0.25) is 0 Å². The maximum Gasteiger partial charge on any atom is 0.257 e. The summed E-state index contributed by atoms with van der Waals surface area (Å²) >= 11 is 5.68. The Bertz CT molecular complexity index is 444. The number of hydrogen-bond donors (Lipinski definition) is 0. The standard InChI is InChI=1S/C10H9ClFN3O/c1-2-15(4-3-13)10(16)8-5-7(12)6-14-9(8)11/h5-6H,2,4H2,1H3. The van der Waals surface area contributed by atoms with Crippen LogP contribution in [-0.2, 0) is 0 Å². The van der Waals surface area contributed by atoms with Gasteiger partial charge in [-0.3, -0.25) is 4.79 Å². The highest BCUT2D eigenvalue weighted by molar-refractivity contribution is 6.32. The maximum absolute atomic E-state index is 12.9. The zero-order chi connectivity index (χ0) is 12.1. The Morgan fingerprint density at radius 2 is 2.44 bits per heavy atom. The number of pyridine rings is 1. The summed E-state index contributed by atoms with van der Waals surface area (Å²) in [5.74, 6) is -1.14. The molecular weight excluding hydrogens is 233 g/mol. The summed E-state index contributed by atoms with van der Waals surface area (Å²) < 4.78 is 12.9. The number of hydrogen-bond acceptors (Lipinski definition) is 3. The molecule has 1 amide bonds. The van der Waals surface area contributed by atoms with Crippen molar-refractivity contribution in [2.75, 3.05) is 13.1 Å². The molecule has 0 unspecified atom stereocenters. The molecule has 0 aliphatic carbocycles. The van der Waals surface area contributed by atoms with Crippen molar-refractivity contribution >= 4 is 17.5 Å². The van der Waals surface area contributed by atoms with E-state index in [0.717, 1.165) is 12.3 Å². The molecule has 0 saturated carbocycles. The van der Waals surface area contributed by atoms with Gasteiger partial charge in [-0.15, -0.1) is 0 Å². The largest absolute Gasteiger partial charge is 0.326 e. The monoisotopic (exact) mass is 241 g/mol. The number of halogens is 2. The lowest BCUT2D eigenvalue weighted by molar-refractivity contribution is 0.0783. The van der Waals surface area contributed by atoms with Crippen molar-refractivity contribution < 1.29 is 9.18 Å². The number of nitrogens with zero attached hydrogens (tertiary/aromatic N) is 3. The van der Waals surface area contributed by atoms with Gasteiger partial charge in [-0.05, 0) is 13.0 Å². The highest BCUT2D eigenvalue weighted by atomic mass is 35.5. The summed E-state index contributed by atoms with van der Waals surface area (Å²) in [6.45, 7) is 2.00. The van der Waals surface area contributed by atoms with Gasteiger partial charge in [0.05, 0.1) is 17.8 Å². The van der Waals surface area contributed by atoms with Crippen molar-refractivity contribution in [1.29, 1.82) is 5.26 Å². The minimum absolute atomic E-state index is 0.0289. The lowest BCUT2D eigenvalue weighted by Gasteiger charge is -2.17.